The standard InChI is InChI=1S/C11H18N2O2S2/c1-2-13(10-5-7-12-8-6-10)17(14,15)11-4-3-9-16-11/h3-4,9-10,12H,2,5-8H2,1H3. The highest BCUT2D eigenvalue weighted by Gasteiger charge is 2.31. The first-order valence-electron chi connectivity index (χ1n) is 5.92. The molecular weight excluding hydrogens is 256 g/mol. The van der Waals surface area contributed by atoms with Crippen molar-refractivity contribution in [3.05, 3.63) is 17.5 Å². The van der Waals surface area contributed by atoms with E-state index >= 15 is 0 Å². The van der Waals surface area contributed by atoms with Gasteiger partial charge in [-0.15, -0.1) is 11.3 Å². The molecule has 0 aliphatic carbocycles. The molecule has 1 saturated heterocycles. The summed E-state index contributed by atoms with van der Waals surface area (Å²) in [6.45, 7) is 4.26. The van der Waals surface area contributed by atoms with Gasteiger partial charge in [0.15, 0.2) is 0 Å². The predicted octanol–water partition coefficient (Wildman–Crippen LogP) is 1.51. The van der Waals surface area contributed by atoms with Crippen LogP contribution in [0, 0.1) is 0 Å². The lowest BCUT2D eigenvalue weighted by Crippen LogP contribution is -2.45. The van der Waals surface area contributed by atoms with Gasteiger partial charge in [-0.1, -0.05) is 13.0 Å². The number of piperidine rings is 1. The van der Waals surface area contributed by atoms with Gasteiger partial charge in [-0.25, -0.2) is 8.42 Å². The van der Waals surface area contributed by atoms with E-state index in [2.05, 4.69) is 5.32 Å². The highest BCUT2D eigenvalue weighted by molar-refractivity contribution is 7.91. The Hall–Kier alpha value is -0.430. The first-order chi connectivity index (χ1) is 8.16. The third-order valence-electron chi connectivity index (χ3n) is 3.09. The number of thiophene rings is 1. The van der Waals surface area contributed by atoms with Gasteiger partial charge in [0, 0.05) is 12.6 Å². The molecule has 0 bridgehead atoms. The molecule has 0 amide bonds. The smallest absolute Gasteiger partial charge is 0.252 e. The van der Waals surface area contributed by atoms with E-state index in [0.29, 0.717) is 10.8 Å². The second-order valence-corrected chi connectivity index (χ2v) is 7.19. The van der Waals surface area contributed by atoms with Gasteiger partial charge in [-0.3, -0.25) is 0 Å². The Bertz CT molecular complexity index is 436. The van der Waals surface area contributed by atoms with Gasteiger partial charge in [0.25, 0.3) is 10.0 Å². The van der Waals surface area contributed by atoms with Crippen LogP contribution in [-0.4, -0.2) is 38.4 Å². The molecule has 96 valence electrons. The maximum atomic E-state index is 12.4. The summed E-state index contributed by atoms with van der Waals surface area (Å²) in [5.41, 5.74) is 0. The number of rotatable bonds is 4. The molecule has 2 heterocycles. The number of nitrogens with zero attached hydrogens (tertiary/aromatic N) is 1. The van der Waals surface area contributed by atoms with Gasteiger partial charge in [0.1, 0.15) is 4.21 Å². The maximum absolute atomic E-state index is 12.4. The Balaban J connectivity index is 2.23. The maximum Gasteiger partial charge on any atom is 0.252 e. The van der Waals surface area contributed by atoms with E-state index in [9.17, 15) is 8.42 Å². The third-order valence-corrected chi connectivity index (χ3v) is 6.49. The molecule has 1 aromatic rings. The van der Waals surface area contributed by atoms with Crippen molar-refractivity contribution in [2.24, 2.45) is 0 Å². The normalized spacial score (nSPS) is 18.7. The van der Waals surface area contributed by atoms with Crippen LogP contribution in [0.15, 0.2) is 21.7 Å². The molecule has 0 radical (unpaired) electrons. The Morgan fingerprint density at radius 2 is 2.18 bits per heavy atom. The van der Waals surface area contributed by atoms with Gasteiger partial charge < -0.3 is 5.32 Å². The Labute approximate surface area is 107 Å². The minimum absolute atomic E-state index is 0.147. The van der Waals surface area contributed by atoms with E-state index in [1.807, 2.05) is 12.3 Å². The van der Waals surface area contributed by atoms with Gasteiger partial charge in [0.05, 0.1) is 0 Å². The Morgan fingerprint density at radius 3 is 2.71 bits per heavy atom. The van der Waals surface area contributed by atoms with E-state index in [-0.39, 0.29) is 6.04 Å². The zero-order chi connectivity index (χ0) is 12.3. The molecule has 0 spiro atoms. The van der Waals surface area contributed by atoms with Crippen LogP contribution in [0.25, 0.3) is 0 Å². The van der Waals surface area contributed by atoms with Gasteiger partial charge in [-0.05, 0) is 37.4 Å². The van der Waals surface area contributed by atoms with Crippen molar-refractivity contribution in [1.29, 1.82) is 0 Å². The fraction of sp³-hybridized carbons (Fsp3) is 0.636. The topological polar surface area (TPSA) is 49.4 Å². The lowest BCUT2D eigenvalue weighted by Gasteiger charge is -2.32. The molecule has 4 nitrogen and oxygen atoms in total. The van der Waals surface area contributed by atoms with E-state index in [0.717, 1.165) is 25.9 Å². The van der Waals surface area contributed by atoms with Crippen molar-refractivity contribution in [3.63, 3.8) is 0 Å². The molecule has 0 atom stereocenters. The summed E-state index contributed by atoms with van der Waals surface area (Å²) in [5.74, 6) is 0. The van der Waals surface area contributed by atoms with Crippen molar-refractivity contribution in [2.75, 3.05) is 19.6 Å². The highest BCUT2D eigenvalue weighted by Crippen LogP contribution is 2.25. The fourth-order valence-corrected chi connectivity index (χ4v) is 5.06. The molecule has 0 unspecified atom stereocenters. The van der Waals surface area contributed by atoms with Crippen LogP contribution in [-0.2, 0) is 10.0 Å². The quantitative estimate of drug-likeness (QED) is 0.905. The summed E-state index contributed by atoms with van der Waals surface area (Å²) in [5, 5.41) is 5.07. The summed E-state index contributed by atoms with van der Waals surface area (Å²) in [6, 6.07) is 3.62. The van der Waals surface area contributed by atoms with E-state index < -0.39 is 10.0 Å². The first kappa shape index (κ1) is 13.0. The van der Waals surface area contributed by atoms with Gasteiger partial charge >= 0.3 is 0 Å². The molecule has 0 saturated carbocycles. The lowest BCUT2D eigenvalue weighted by atomic mass is 10.1. The molecule has 0 aromatic carbocycles. The molecule has 1 N–H and O–H groups in total. The van der Waals surface area contributed by atoms with Crippen molar-refractivity contribution >= 4 is 21.4 Å². The summed E-state index contributed by atoms with van der Waals surface area (Å²) >= 11 is 1.29. The minimum Gasteiger partial charge on any atom is -0.317 e. The van der Waals surface area contributed by atoms with Crippen LogP contribution in [0.4, 0.5) is 0 Å². The minimum atomic E-state index is -3.28. The SMILES string of the molecule is CCN(C1CCNCC1)S(=O)(=O)c1cccs1. The monoisotopic (exact) mass is 274 g/mol. The highest BCUT2D eigenvalue weighted by atomic mass is 32.2. The van der Waals surface area contributed by atoms with Crippen molar-refractivity contribution in [3.8, 4) is 0 Å². The molecule has 6 heteroatoms. The summed E-state index contributed by atoms with van der Waals surface area (Å²) < 4.78 is 27.0. The fourth-order valence-electron chi connectivity index (χ4n) is 2.24. The number of sulfonamides is 1. The van der Waals surface area contributed by atoms with Crippen LogP contribution < -0.4 is 5.32 Å². The molecule has 1 aliphatic rings. The number of nitrogens with one attached hydrogen (secondary N) is 1. The predicted molar refractivity (Wildman–Crippen MR) is 69.8 cm³/mol. The van der Waals surface area contributed by atoms with Crippen LogP contribution in [0.3, 0.4) is 0 Å². The van der Waals surface area contributed by atoms with Crippen LogP contribution in [0.5, 0.6) is 0 Å². The van der Waals surface area contributed by atoms with Gasteiger partial charge in [0.2, 0.25) is 0 Å². The molecule has 1 fully saturated rings. The van der Waals surface area contributed by atoms with Crippen LogP contribution >= 0.6 is 11.3 Å². The zero-order valence-electron chi connectivity index (χ0n) is 9.93. The lowest BCUT2D eigenvalue weighted by molar-refractivity contribution is 0.271. The number of hydrogen-bond donors (Lipinski definition) is 1. The number of hydrogen-bond acceptors (Lipinski definition) is 4. The van der Waals surface area contributed by atoms with E-state index in [1.165, 1.54) is 11.3 Å². The molecule has 17 heavy (non-hydrogen) atoms. The summed E-state index contributed by atoms with van der Waals surface area (Å²) in [7, 11) is -3.28. The Morgan fingerprint density at radius 1 is 1.47 bits per heavy atom. The van der Waals surface area contributed by atoms with Gasteiger partial charge in [-0.2, -0.15) is 4.31 Å². The van der Waals surface area contributed by atoms with E-state index in [4.69, 9.17) is 0 Å². The van der Waals surface area contributed by atoms with Crippen molar-refractivity contribution in [2.45, 2.75) is 30.0 Å². The second kappa shape index (κ2) is 5.48. The summed E-state index contributed by atoms with van der Waals surface area (Å²) in [6.07, 6.45) is 1.80. The van der Waals surface area contributed by atoms with Crippen LogP contribution in [0.2, 0.25) is 0 Å². The molecular formula is C11H18N2O2S2. The average Bonchev–Trinajstić information content (AvgIpc) is 2.85. The first-order valence-corrected chi connectivity index (χ1v) is 8.24. The van der Waals surface area contributed by atoms with E-state index in [1.54, 1.807) is 16.4 Å². The third kappa shape index (κ3) is 2.70. The average molecular weight is 274 g/mol. The largest absolute Gasteiger partial charge is 0.317 e. The zero-order valence-corrected chi connectivity index (χ0v) is 11.6. The molecule has 1 aliphatic heterocycles. The second-order valence-electron chi connectivity index (χ2n) is 4.12. The van der Waals surface area contributed by atoms with Crippen LogP contribution in [0.1, 0.15) is 19.8 Å². The van der Waals surface area contributed by atoms with Crippen molar-refractivity contribution < 1.29 is 8.42 Å². The molecule has 1 aromatic heterocycles. The Kier molecular flexibility index (Phi) is 4.19. The molecule has 2 rings (SSSR count). The summed E-state index contributed by atoms with van der Waals surface area (Å²) in [4.78, 5) is 0. The van der Waals surface area contributed by atoms with Crippen molar-refractivity contribution in [1.82, 2.24) is 9.62 Å².